The van der Waals surface area contributed by atoms with E-state index in [9.17, 15) is 4.79 Å². The van der Waals surface area contributed by atoms with Gasteiger partial charge in [0, 0.05) is 12.5 Å². The van der Waals surface area contributed by atoms with Crippen LogP contribution in [0.1, 0.15) is 32.5 Å². The van der Waals surface area contributed by atoms with E-state index in [4.69, 9.17) is 5.11 Å². The Morgan fingerprint density at radius 3 is 2.88 bits per heavy atom. The summed E-state index contributed by atoms with van der Waals surface area (Å²) in [6.07, 6.45) is 2.12. The number of rotatable bonds is 7. The SMILES string of the molecule is CC(C)N(CCCC(=O)O)Cc1ncon1. The molecule has 0 aliphatic rings. The third kappa shape index (κ3) is 4.39. The zero-order valence-electron chi connectivity index (χ0n) is 9.59. The van der Waals surface area contributed by atoms with Crippen molar-refractivity contribution in [2.45, 2.75) is 39.3 Å². The Balaban J connectivity index is 2.39. The van der Waals surface area contributed by atoms with E-state index in [1.165, 1.54) is 6.39 Å². The van der Waals surface area contributed by atoms with Crippen LogP contribution in [0.25, 0.3) is 0 Å². The van der Waals surface area contributed by atoms with Gasteiger partial charge in [-0.05, 0) is 26.8 Å². The smallest absolute Gasteiger partial charge is 0.303 e. The molecule has 1 rings (SSSR count). The molecule has 0 atom stereocenters. The van der Waals surface area contributed by atoms with Crippen LogP contribution in [0, 0.1) is 0 Å². The molecule has 0 spiro atoms. The van der Waals surface area contributed by atoms with Crippen LogP contribution in [-0.4, -0.2) is 38.7 Å². The maximum absolute atomic E-state index is 10.4. The molecular formula is C10H17N3O3. The van der Waals surface area contributed by atoms with Crippen LogP contribution in [0.2, 0.25) is 0 Å². The third-order valence-corrected chi connectivity index (χ3v) is 2.32. The summed E-state index contributed by atoms with van der Waals surface area (Å²) < 4.78 is 4.66. The summed E-state index contributed by atoms with van der Waals surface area (Å²) in [5.74, 6) is -0.132. The second-order valence-electron chi connectivity index (χ2n) is 3.91. The Hall–Kier alpha value is -1.43. The van der Waals surface area contributed by atoms with Gasteiger partial charge in [0.15, 0.2) is 5.82 Å². The number of carboxylic acids is 1. The summed E-state index contributed by atoms with van der Waals surface area (Å²) in [7, 11) is 0. The van der Waals surface area contributed by atoms with Crippen molar-refractivity contribution in [1.29, 1.82) is 0 Å². The first-order valence-electron chi connectivity index (χ1n) is 5.30. The summed E-state index contributed by atoms with van der Waals surface area (Å²) >= 11 is 0. The highest BCUT2D eigenvalue weighted by Crippen LogP contribution is 2.06. The van der Waals surface area contributed by atoms with Crippen molar-refractivity contribution in [3.8, 4) is 0 Å². The molecule has 0 aliphatic carbocycles. The molecule has 0 aromatic carbocycles. The Morgan fingerprint density at radius 1 is 1.62 bits per heavy atom. The van der Waals surface area contributed by atoms with E-state index in [1.807, 2.05) is 0 Å². The largest absolute Gasteiger partial charge is 0.481 e. The van der Waals surface area contributed by atoms with Gasteiger partial charge >= 0.3 is 5.97 Å². The number of hydrogen-bond acceptors (Lipinski definition) is 5. The quantitative estimate of drug-likeness (QED) is 0.752. The molecule has 0 bridgehead atoms. The lowest BCUT2D eigenvalue weighted by Gasteiger charge is -2.24. The molecule has 6 nitrogen and oxygen atoms in total. The first-order valence-corrected chi connectivity index (χ1v) is 5.30. The Bertz CT molecular complexity index is 311. The first-order chi connectivity index (χ1) is 7.59. The molecule has 0 saturated carbocycles. The van der Waals surface area contributed by atoms with E-state index in [-0.39, 0.29) is 6.42 Å². The molecule has 0 unspecified atom stereocenters. The van der Waals surface area contributed by atoms with Gasteiger partial charge in [0.25, 0.3) is 0 Å². The number of aliphatic carboxylic acids is 1. The summed E-state index contributed by atoms with van der Waals surface area (Å²) in [4.78, 5) is 16.5. The van der Waals surface area contributed by atoms with Crippen LogP contribution in [0.15, 0.2) is 10.9 Å². The van der Waals surface area contributed by atoms with E-state index >= 15 is 0 Å². The second-order valence-corrected chi connectivity index (χ2v) is 3.91. The molecule has 0 fully saturated rings. The Labute approximate surface area is 94.3 Å². The van der Waals surface area contributed by atoms with Crippen LogP contribution < -0.4 is 0 Å². The highest BCUT2D eigenvalue weighted by atomic mass is 16.5. The molecule has 6 heteroatoms. The lowest BCUT2D eigenvalue weighted by Crippen LogP contribution is -2.32. The topological polar surface area (TPSA) is 79.5 Å². The first kappa shape index (κ1) is 12.6. The van der Waals surface area contributed by atoms with E-state index in [0.717, 1.165) is 6.54 Å². The predicted octanol–water partition coefficient (Wildman–Crippen LogP) is 1.14. The van der Waals surface area contributed by atoms with Crippen LogP contribution in [0.3, 0.4) is 0 Å². The molecule has 0 saturated heterocycles. The lowest BCUT2D eigenvalue weighted by molar-refractivity contribution is -0.137. The fraction of sp³-hybridized carbons (Fsp3) is 0.700. The van der Waals surface area contributed by atoms with E-state index in [0.29, 0.717) is 24.8 Å². The summed E-state index contributed by atoms with van der Waals surface area (Å²) in [5.41, 5.74) is 0. The Morgan fingerprint density at radius 2 is 2.38 bits per heavy atom. The molecule has 1 N–H and O–H groups in total. The van der Waals surface area contributed by atoms with Crippen molar-refractivity contribution >= 4 is 5.97 Å². The van der Waals surface area contributed by atoms with E-state index in [1.54, 1.807) is 0 Å². The molecule has 16 heavy (non-hydrogen) atoms. The highest BCUT2D eigenvalue weighted by Gasteiger charge is 2.12. The van der Waals surface area contributed by atoms with E-state index < -0.39 is 5.97 Å². The van der Waals surface area contributed by atoms with Crippen molar-refractivity contribution in [2.24, 2.45) is 0 Å². The summed E-state index contributed by atoms with van der Waals surface area (Å²) in [5, 5.41) is 12.3. The Kier molecular flexibility index (Phi) is 4.91. The lowest BCUT2D eigenvalue weighted by atomic mass is 10.2. The van der Waals surface area contributed by atoms with Crippen molar-refractivity contribution < 1.29 is 14.4 Å². The molecule has 1 heterocycles. The van der Waals surface area contributed by atoms with Crippen molar-refractivity contribution in [3.05, 3.63) is 12.2 Å². The average molecular weight is 227 g/mol. The molecule has 0 amide bonds. The number of nitrogens with zero attached hydrogens (tertiary/aromatic N) is 3. The zero-order valence-corrected chi connectivity index (χ0v) is 9.59. The van der Waals surface area contributed by atoms with Crippen LogP contribution >= 0.6 is 0 Å². The molecular weight excluding hydrogens is 210 g/mol. The van der Waals surface area contributed by atoms with Gasteiger partial charge in [-0.1, -0.05) is 5.16 Å². The molecule has 1 aromatic heterocycles. The van der Waals surface area contributed by atoms with Crippen LogP contribution in [0.5, 0.6) is 0 Å². The molecule has 1 aromatic rings. The number of hydrogen-bond donors (Lipinski definition) is 1. The maximum atomic E-state index is 10.4. The van der Waals surface area contributed by atoms with Gasteiger partial charge in [-0.3, -0.25) is 9.69 Å². The predicted molar refractivity (Wildman–Crippen MR) is 56.7 cm³/mol. The summed E-state index contributed by atoms with van der Waals surface area (Å²) in [6.45, 7) is 5.42. The highest BCUT2D eigenvalue weighted by molar-refractivity contribution is 5.66. The standard InChI is InChI=1S/C10H17N3O3/c1-8(2)13(5-3-4-10(14)15)6-9-11-7-16-12-9/h7-8H,3-6H2,1-2H3,(H,14,15). The average Bonchev–Trinajstić information content (AvgIpc) is 2.68. The number of carboxylic acid groups (broad SMARTS) is 1. The fourth-order valence-electron chi connectivity index (χ4n) is 1.40. The minimum Gasteiger partial charge on any atom is -0.481 e. The maximum Gasteiger partial charge on any atom is 0.303 e. The summed E-state index contributed by atoms with van der Waals surface area (Å²) in [6, 6.07) is 0.326. The molecule has 0 aliphatic heterocycles. The molecule has 0 radical (unpaired) electrons. The third-order valence-electron chi connectivity index (χ3n) is 2.32. The number of carbonyl (C=O) groups is 1. The van der Waals surface area contributed by atoms with Crippen LogP contribution in [0.4, 0.5) is 0 Å². The monoisotopic (exact) mass is 227 g/mol. The minimum atomic E-state index is -0.761. The van der Waals surface area contributed by atoms with E-state index in [2.05, 4.69) is 33.4 Å². The van der Waals surface area contributed by atoms with Crippen molar-refractivity contribution in [3.63, 3.8) is 0 Å². The zero-order chi connectivity index (χ0) is 12.0. The number of aromatic nitrogens is 2. The van der Waals surface area contributed by atoms with Gasteiger partial charge in [-0.15, -0.1) is 0 Å². The second kappa shape index (κ2) is 6.22. The van der Waals surface area contributed by atoms with Crippen LogP contribution in [-0.2, 0) is 11.3 Å². The van der Waals surface area contributed by atoms with Gasteiger partial charge in [0.05, 0.1) is 6.54 Å². The normalized spacial score (nSPS) is 11.2. The fourth-order valence-corrected chi connectivity index (χ4v) is 1.40. The van der Waals surface area contributed by atoms with Gasteiger partial charge in [0.1, 0.15) is 0 Å². The van der Waals surface area contributed by atoms with Gasteiger partial charge in [-0.2, -0.15) is 4.98 Å². The van der Waals surface area contributed by atoms with Crippen molar-refractivity contribution in [2.75, 3.05) is 6.54 Å². The van der Waals surface area contributed by atoms with Gasteiger partial charge < -0.3 is 9.63 Å². The van der Waals surface area contributed by atoms with Crippen molar-refractivity contribution in [1.82, 2.24) is 15.0 Å². The van der Waals surface area contributed by atoms with Gasteiger partial charge in [-0.25, -0.2) is 0 Å². The van der Waals surface area contributed by atoms with Gasteiger partial charge in [0.2, 0.25) is 6.39 Å². The minimum absolute atomic E-state index is 0.190. The molecule has 90 valence electrons.